The van der Waals surface area contributed by atoms with Gasteiger partial charge in [0.25, 0.3) is 0 Å². The summed E-state index contributed by atoms with van der Waals surface area (Å²) in [6, 6.07) is 8.34. The van der Waals surface area contributed by atoms with Crippen LogP contribution in [0.25, 0.3) is 0 Å². The van der Waals surface area contributed by atoms with E-state index in [2.05, 4.69) is 44.3 Å². The Hall–Kier alpha value is -1.06. The number of rotatable bonds is 1. The number of piperidine rings is 1. The van der Waals surface area contributed by atoms with Crippen LogP contribution in [0.2, 0.25) is 0 Å². The molecule has 2 heterocycles. The van der Waals surface area contributed by atoms with Crippen molar-refractivity contribution in [3.8, 4) is 5.75 Å². The molecule has 1 aromatic rings. The van der Waals surface area contributed by atoms with E-state index in [1.54, 1.807) is 0 Å². The Morgan fingerprint density at radius 1 is 1.20 bits per heavy atom. The maximum absolute atomic E-state index is 6.39. The lowest BCUT2D eigenvalue weighted by Crippen LogP contribution is -2.49. The van der Waals surface area contributed by atoms with E-state index in [4.69, 9.17) is 9.47 Å². The summed E-state index contributed by atoms with van der Waals surface area (Å²) >= 11 is 0. The molecule has 3 rings (SSSR count). The van der Waals surface area contributed by atoms with Crippen LogP contribution in [0.3, 0.4) is 0 Å². The van der Waals surface area contributed by atoms with Gasteiger partial charge in [-0.3, -0.25) is 0 Å². The third-order valence-corrected chi connectivity index (χ3v) is 4.16. The first-order valence-corrected chi connectivity index (χ1v) is 7.64. The third kappa shape index (κ3) is 2.84. The molecule has 1 fully saturated rings. The Morgan fingerprint density at radius 3 is 2.60 bits per heavy atom. The summed E-state index contributed by atoms with van der Waals surface area (Å²) in [7, 11) is 0. The van der Waals surface area contributed by atoms with Crippen LogP contribution in [-0.2, 0) is 4.74 Å². The van der Waals surface area contributed by atoms with Crippen molar-refractivity contribution in [3.05, 3.63) is 29.8 Å². The van der Waals surface area contributed by atoms with Gasteiger partial charge in [0.15, 0.2) is 0 Å². The monoisotopic (exact) mass is 275 g/mol. The molecule has 0 radical (unpaired) electrons. The molecule has 110 valence electrons. The topological polar surface area (TPSA) is 30.5 Å². The van der Waals surface area contributed by atoms with Crippen LogP contribution in [0.4, 0.5) is 0 Å². The summed E-state index contributed by atoms with van der Waals surface area (Å²) in [5.74, 6) is 1.01. The second kappa shape index (κ2) is 5.05. The summed E-state index contributed by atoms with van der Waals surface area (Å²) in [4.78, 5) is 0. The fourth-order valence-corrected chi connectivity index (χ4v) is 3.28. The molecular formula is C17H25NO2. The van der Waals surface area contributed by atoms with E-state index >= 15 is 0 Å². The van der Waals surface area contributed by atoms with Crippen LogP contribution in [-0.4, -0.2) is 24.3 Å². The van der Waals surface area contributed by atoms with Crippen molar-refractivity contribution >= 4 is 0 Å². The minimum absolute atomic E-state index is 0.0461. The Kier molecular flexibility index (Phi) is 3.51. The van der Waals surface area contributed by atoms with Gasteiger partial charge in [-0.2, -0.15) is 0 Å². The number of benzene rings is 1. The van der Waals surface area contributed by atoms with Gasteiger partial charge in [0.05, 0.1) is 11.7 Å². The van der Waals surface area contributed by atoms with Gasteiger partial charge in [0.2, 0.25) is 0 Å². The normalized spacial score (nSPS) is 25.1. The second-order valence-corrected chi connectivity index (χ2v) is 7.00. The first-order valence-electron chi connectivity index (χ1n) is 7.64. The maximum atomic E-state index is 6.39. The summed E-state index contributed by atoms with van der Waals surface area (Å²) < 4.78 is 12.7. The molecule has 0 amide bonds. The van der Waals surface area contributed by atoms with Crippen molar-refractivity contribution in [2.75, 3.05) is 13.1 Å². The number of fused-ring (bicyclic) bond motifs is 1. The minimum atomic E-state index is -0.136. The van der Waals surface area contributed by atoms with Gasteiger partial charge in [-0.05, 0) is 52.8 Å². The van der Waals surface area contributed by atoms with Crippen LogP contribution in [0.1, 0.15) is 51.7 Å². The lowest BCUT2D eigenvalue weighted by molar-refractivity contribution is -0.114. The molecule has 0 saturated carbocycles. The average Bonchev–Trinajstić information content (AvgIpc) is 2.37. The van der Waals surface area contributed by atoms with Crippen molar-refractivity contribution in [2.45, 2.75) is 57.3 Å². The predicted octanol–water partition coefficient (Wildman–Crippen LogP) is 3.45. The van der Waals surface area contributed by atoms with Crippen LogP contribution >= 0.6 is 0 Å². The van der Waals surface area contributed by atoms with Crippen molar-refractivity contribution < 1.29 is 9.47 Å². The number of hydrogen-bond donors (Lipinski definition) is 1. The molecule has 0 bridgehead atoms. The first-order chi connectivity index (χ1) is 9.48. The Balaban J connectivity index is 1.92. The van der Waals surface area contributed by atoms with Gasteiger partial charge in [-0.25, -0.2) is 0 Å². The highest BCUT2D eigenvalue weighted by Gasteiger charge is 2.43. The molecule has 1 spiro atoms. The maximum Gasteiger partial charge on any atom is 0.125 e. The standard InChI is InChI=1S/C17H25NO2/c1-16(2,3)19-15-12-17(8-10-18-11-9-17)20-14-7-5-4-6-13(14)15/h4-7,15,18H,8-12H2,1-3H3. The van der Waals surface area contributed by atoms with Crippen LogP contribution in [0, 0.1) is 0 Å². The summed E-state index contributed by atoms with van der Waals surface area (Å²) in [5.41, 5.74) is 1.02. The summed E-state index contributed by atoms with van der Waals surface area (Å²) in [6.45, 7) is 8.44. The number of para-hydroxylation sites is 1. The first kappa shape index (κ1) is 13.9. The fraction of sp³-hybridized carbons (Fsp3) is 0.647. The van der Waals surface area contributed by atoms with E-state index in [0.29, 0.717) is 0 Å². The van der Waals surface area contributed by atoms with Gasteiger partial charge in [0.1, 0.15) is 11.4 Å². The second-order valence-electron chi connectivity index (χ2n) is 7.00. The Bertz CT molecular complexity index is 472. The fourth-order valence-electron chi connectivity index (χ4n) is 3.28. The van der Waals surface area contributed by atoms with Crippen molar-refractivity contribution in [1.29, 1.82) is 0 Å². The highest BCUT2D eigenvalue weighted by Crippen LogP contribution is 2.46. The zero-order valence-corrected chi connectivity index (χ0v) is 12.7. The summed E-state index contributed by atoms with van der Waals surface area (Å²) in [6.07, 6.45) is 3.22. The van der Waals surface area contributed by atoms with E-state index in [9.17, 15) is 0 Å². The van der Waals surface area contributed by atoms with Gasteiger partial charge in [-0.1, -0.05) is 18.2 Å². The van der Waals surface area contributed by atoms with Crippen molar-refractivity contribution in [2.24, 2.45) is 0 Å². The van der Waals surface area contributed by atoms with E-state index in [-0.39, 0.29) is 17.3 Å². The molecule has 0 aromatic heterocycles. The largest absolute Gasteiger partial charge is 0.487 e. The molecular weight excluding hydrogens is 250 g/mol. The van der Waals surface area contributed by atoms with Gasteiger partial charge < -0.3 is 14.8 Å². The number of hydrogen-bond acceptors (Lipinski definition) is 3. The minimum Gasteiger partial charge on any atom is -0.487 e. The lowest BCUT2D eigenvalue weighted by atomic mass is 9.82. The van der Waals surface area contributed by atoms with Gasteiger partial charge in [0, 0.05) is 12.0 Å². The molecule has 20 heavy (non-hydrogen) atoms. The van der Waals surface area contributed by atoms with Crippen molar-refractivity contribution in [1.82, 2.24) is 5.32 Å². The molecule has 1 aromatic carbocycles. The van der Waals surface area contributed by atoms with Crippen molar-refractivity contribution in [3.63, 3.8) is 0 Å². The van der Waals surface area contributed by atoms with E-state index in [1.165, 1.54) is 5.56 Å². The number of nitrogens with one attached hydrogen (secondary N) is 1. The van der Waals surface area contributed by atoms with E-state index < -0.39 is 0 Å². The Morgan fingerprint density at radius 2 is 1.90 bits per heavy atom. The smallest absolute Gasteiger partial charge is 0.125 e. The number of ether oxygens (including phenoxy) is 2. The van der Waals surface area contributed by atoms with E-state index in [1.807, 2.05) is 6.07 Å². The molecule has 1 saturated heterocycles. The quantitative estimate of drug-likeness (QED) is 0.851. The lowest BCUT2D eigenvalue weighted by Gasteiger charge is -2.45. The SMILES string of the molecule is CC(C)(C)OC1CC2(CCNCC2)Oc2ccccc21. The molecule has 1 atom stereocenters. The molecule has 2 aliphatic rings. The van der Waals surface area contributed by atoms with Crippen LogP contribution < -0.4 is 10.1 Å². The average molecular weight is 275 g/mol. The molecule has 2 aliphatic heterocycles. The van der Waals surface area contributed by atoms with Crippen LogP contribution in [0.15, 0.2) is 24.3 Å². The molecule has 1 N–H and O–H groups in total. The molecule has 3 heteroatoms. The molecule has 0 aliphatic carbocycles. The van der Waals surface area contributed by atoms with E-state index in [0.717, 1.165) is 38.1 Å². The Labute approximate surface area is 121 Å². The zero-order chi connectivity index (χ0) is 14.2. The molecule has 1 unspecified atom stereocenters. The third-order valence-electron chi connectivity index (χ3n) is 4.16. The highest BCUT2D eigenvalue weighted by atomic mass is 16.5. The van der Waals surface area contributed by atoms with Gasteiger partial charge >= 0.3 is 0 Å². The molecule has 3 nitrogen and oxygen atoms in total. The van der Waals surface area contributed by atoms with Crippen LogP contribution in [0.5, 0.6) is 5.75 Å². The summed E-state index contributed by atoms with van der Waals surface area (Å²) in [5, 5.41) is 3.42. The van der Waals surface area contributed by atoms with Gasteiger partial charge in [-0.15, -0.1) is 0 Å². The highest BCUT2D eigenvalue weighted by molar-refractivity contribution is 5.38. The zero-order valence-electron chi connectivity index (χ0n) is 12.7. The predicted molar refractivity (Wildman–Crippen MR) is 80.1 cm³/mol.